The van der Waals surface area contributed by atoms with Crippen molar-refractivity contribution in [1.82, 2.24) is 4.90 Å². The molecule has 1 amide bonds. The molecule has 0 fully saturated rings. The van der Waals surface area contributed by atoms with Crippen LogP contribution in [0.3, 0.4) is 0 Å². The molecule has 2 rings (SSSR count). The van der Waals surface area contributed by atoms with Crippen molar-refractivity contribution in [2.45, 2.75) is 19.9 Å². The lowest BCUT2D eigenvalue weighted by Crippen LogP contribution is -2.37. The first-order valence-electron chi connectivity index (χ1n) is 5.23. The first kappa shape index (κ1) is 11.4. The van der Waals surface area contributed by atoms with Crippen LogP contribution in [0.1, 0.15) is 16.7 Å². The second-order valence-corrected chi connectivity index (χ2v) is 4.33. The first-order chi connectivity index (χ1) is 7.61. The lowest BCUT2D eigenvalue weighted by molar-refractivity contribution is -0.129. The Morgan fingerprint density at radius 2 is 2.31 bits per heavy atom. The zero-order valence-corrected chi connectivity index (χ0v) is 9.85. The molecule has 86 valence electrons. The summed E-state index contributed by atoms with van der Waals surface area (Å²) in [6.45, 7) is 3.05. The highest BCUT2D eigenvalue weighted by molar-refractivity contribution is 6.27. The van der Waals surface area contributed by atoms with Gasteiger partial charge < -0.3 is 4.90 Å². The summed E-state index contributed by atoms with van der Waals surface area (Å²) in [4.78, 5) is 13.1. The summed E-state index contributed by atoms with van der Waals surface area (Å²) < 4.78 is 13.2. The molecule has 2 nitrogen and oxygen atoms in total. The van der Waals surface area contributed by atoms with Crippen molar-refractivity contribution in [3.63, 3.8) is 0 Å². The Kier molecular flexibility index (Phi) is 3.15. The molecule has 1 aromatic carbocycles. The van der Waals surface area contributed by atoms with Gasteiger partial charge in [0.2, 0.25) is 5.91 Å². The molecule has 0 atom stereocenters. The van der Waals surface area contributed by atoms with Gasteiger partial charge in [0.05, 0.1) is 0 Å². The van der Waals surface area contributed by atoms with Crippen LogP contribution < -0.4 is 0 Å². The number of aryl methyl sites for hydroxylation is 1. The summed E-state index contributed by atoms with van der Waals surface area (Å²) in [6.07, 6.45) is 0.782. The second kappa shape index (κ2) is 4.42. The van der Waals surface area contributed by atoms with E-state index in [1.165, 1.54) is 17.7 Å². The van der Waals surface area contributed by atoms with Crippen molar-refractivity contribution in [3.05, 3.63) is 34.6 Å². The molecule has 0 unspecified atom stereocenters. The van der Waals surface area contributed by atoms with Gasteiger partial charge in [-0.15, -0.1) is 11.6 Å². The van der Waals surface area contributed by atoms with Gasteiger partial charge in [0.25, 0.3) is 0 Å². The van der Waals surface area contributed by atoms with E-state index < -0.39 is 0 Å². The summed E-state index contributed by atoms with van der Waals surface area (Å²) >= 11 is 5.51. The minimum Gasteiger partial charge on any atom is -0.337 e. The summed E-state index contributed by atoms with van der Waals surface area (Å²) in [7, 11) is 0. The molecule has 0 aliphatic carbocycles. The van der Waals surface area contributed by atoms with Crippen LogP contribution in [-0.2, 0) is 17.8 Å². The standard InChI is InChI=1S/C12H13ClFNO/c1-8-4-10(14)5-9-7-15(12(16)6-13)3-2-11(8)9/h4-5H,2-3,6-7H2,1H3. The first-order valence-corrected chi connectivity index (χ1v) is 5.77. The number of carbonyl (C=O) groups excluding carboxylic acids is 1. The van der Waals surface area contributed by atoms with E-state index in [9.17, 15) is 9.18 Å². The second-order valence-electron chi connectivity index (χ2n) is 4.06. The number of carbonyl (C=O) groups is 1. The number of fused-ring (bicyclic) bond motifs is 1. The maximum absolute atomic E-state index is 13.2. The van der Waals surface area contributed by atoms with Crippen molar-refractivity contribution in [3.8, 4) is 0 Å². The zero-order chi connectivity index (χ0) is 11.7. The van der Waals surface area contributed by atoms with Gasteiger partial charge in [-0.3, -0.25) is 4.79 Å². The monoisotopic (exact) mass is 241 g/mol. The van der Waals surface area contributed by atoms with Crippen LogP contribution in [-0.4, -0.2) is 23.2 Å². The average molecular weight is 242 g/mol. The van der Waals surface area contributed by atoms with Gasteiger partial charge >= 0.3 is 0 Å². The maximum Gasteiger partial charge on any atom is 0.237 e. The van der Waals surface area contributed by atoms with Crippen LogP contribution in [0.5, 0.6) is 0 Å². The molecule has 1 aliphatic heterocycles. The van der Waals surface area contributed by atoms with E-state index in [2.05, 4.69) is 0 Å². The lowest BCUT2D eigenvalue weighted by atomic mass is 9.95. The van der Waals surface area contributed by atoms with E-state index in [0.29, 0.717) is 13.1 Å². The number of benzene rings is 1. The number of hydrogen-bond donors (Lipinski definition) is 0. The topological polar surface area (TPSA) is 20.3 Å². The van der Waals surface area contributed by atoms with Crippen molar-refractivity contribution < 1.29 is 9.18 Å². The third-order valence-electron chi connectivity index (χ3n) is 2.99. The summed E-state index contributed by atoms with van der Waals surface area (Å²) in [5.74, 6) is -0.338. The molecule has 0 saturated heterocycles. The fraction of sp³-hybridized carbons (Fsp3) is 0.417. The molecular formula is C12H13ClFNO. The highest BCUT2D eigenvalue weighted by Gasteiger charge is 2.21. The number of amides is 1. The van der Waals surface area contributed by atoms with E-state index in [4.69, 9.17) is 11.6 Å². The van der Waals surface area contributed by atoms with Gasteiger partial charge in [-0.25, -0.2) is 4.39 Å². The van der Waals surface area contributed by atoms with Crippen molar-refractivity contribution >= 4 is 17.5 Å². The van der Waals surface area contributed by atoms with Gasteiger partial charge in [0.1, 0.15) is 11.7 Å². The Hall–Kier alpha value is -1.09. The average Bonchev–Trinajstić information content (AvgIpc) is 2.27. The number of hydrogen-bond acceptors (Lipinski definition) is 1. The van der Waals surface area contributed by atoms with E-state index in [1.54, 1.807) is 4.90 Å². The highest BCUT2D eigenvalue weighted by atomic mass is 35.5. The molecule has 0 aromatic heterocycles. The summed E-state index contributed by atoms with van der Waals surface area (Å²) in [6, 6.07) is 3.05. The Morgan fingerprint density at radius 1 is 1.56 bits per heavy atom. The fourth-order valence-electron chi connectivity index (χ4n) is 2.17. The van der Waals surface area contributed by atoms with Crippen LogP contribution in [0, 0.1) is 12.7 Å². The summed E-state index contributed by atoms with van der Waals surface area (Å²) in [5.41, 5.74) is 3.04. The molecule has 0 spiro atoms. The third-order valence-corrected chi connectivity index (χ3v) is 3.22. The SMILES string of the molecule is Cc1cc(F)cc2c1CCN(C(=O)CCl)C2. The van der Waals surface area contributed by atoms with Gasteiger partial charge in [-0.1, -0.05) is 0 Å². The van der Waals surface area contributed by atoms with E-state index in [1.807, 2.05) is 6.92 Å². The Labute approximate surface area is 99.0 Å². The van der Waals surface area contributed by atoms with Gasteiger partial charge in [0, 0.05) is 13.1 Å². The van der Waals surface area contributed by atoms with E-state index >= 15 is 0 Å². The predicted octanol–water partition coefficient (Wildman–Crippen LogP) is 2.26. The van der Waals surface area contributed by atoms with Crippen LogP contribution in [0.4, 0.5) is 4.39 Å². The van der Waals surface area contributed by atoms with E-state index in [-0.39, 0.29) is 17.6 Å². The minimum absolute atomic E-state index is 0.0103. The molecular weight excluding hydrogens is 229 g/mol. The van der Waals surface area contributed by atoms with Crippen molar-refractivity contribution in [2.24, 2.45) is 0 Å². The molecule has 1 aromatic rings. The van der Waals surface area contributed by atoms with Gasteiger partial charge in [-0.05, 0) is 42.2 Å². The Bertz CT molecular complexity index is 433. The van der Waals surface area contributed by atoms with Gasteiger partial charge in [0.15, 0.2) is 0 Å². The maximum atomic E-state index is 13.2. The zero-order valence-electron chi connectivity index (χ0n) is 9.09. The molecule has 0 N–H and O–H groups in total. The predicted molar refractivity (Wildman–Crippen MR) is 61.0 cm³/mol. The highest BCUT2D eigenvalue weighted by Crippen LogP contribution is 2.23. The third kappa shape index (κ3) is 2.05. The molecule has 0 bridgehead atoms. The Morgan fingerprint density at radius 3 is 3.00 bits per heavy atom. The molecule has 0 radical (unpaired) electrons. The van der Waals surface area contributed by atoms with Crippen LogP contribution in [0.2, 0.25) is 0 Å². The molecule has 1 heterocycles. The molecule has 4 heteroatoms. The number of alkyl halides is 1. The normalized spacial score (nSPS) is 14.8. The number of nitrogens with zero attached hydrogens (tertiary/aromatic N) is 1. The lowest BCUT2D eigenvalue weighted by Gasteiger charge is -2.29. The molecule has 1 aliphatic rings. The quantitative estimate of drug-likeness (QED) is 0.691. The molecule has 0 saturated carbocycles. The number of rotatable bonds is 1. The Balaban J connectivity index is 2.30. The van der Waals surface area contributed by atoms with Crippen LogP contribution in [0.25, 0.3) is 0 Å². The van der Waals surface area contributed by atoms with E-state index in [0.717, 1.165) is 17.5 Å². The largest absolute Gasteiger partial charge is 0.337 e. The fourth-order valence-corrected chi connectivity index (χ4v) is 2.34. The van der Waals surface area contributed by atoms with Crippen LogP contribution >= 0.6 is 11.6 Å². The summed E-state index contributed by atoms with van der Waals surface area (Å²) in [5, 5.41) is 0. The molecule has 16 heavy (non-hydrogen) atoms. The number of halogens is 2. The van der Waals surface area contributed by atoms with Crippen LogP contribution in [0.15, 0.2) is 12.1 Å². The van der Waals surface area contributed by atoms with Crippen molar-refractivity contribution in [2.75, 3.05) is 12.4 Å². The van der Waals surface area contributed by atoms with Crippen molar-refractivity contribution in [1.29, 1.82) is 0 Å². The minimum atomic E-state index is -0.239. The smallest absolute Gasteiger partial charge is 0.237 e. The van der Waals surface area contributed by atoms with Gasteiger partial charge in [-0.2, -0.15) is 0 Å².